The molecular formula is C25H33IN4O3. The highest BCUT2D eigenvalue weighted by molar-refractivity contribution is 14.1. The van der Waals surface area contributed by atoms with Crippen molar-refractivity contribution in [1.29, 1.82) is 0 Å². The molecule has 0 saturated carbocycles. The maximum atomic E-state index is 13.0. The Balaban J connectivity index is 2.04. The molecule has 3 atom stereocenters. The third-order valence-corrected chi connectivity index (χ3v) is 6.19. The van der Waals surface area contributed by atoms with Crippen molar-refractivity contribution in [2.75, 3.05) is 0 Å². The van der Waals surface area contributed by atoms with Crippen LogP contribution < -0.4 is 21.7 Å². The predicted octanol–water partition coefficient (Wildman–Crippen LogP) is 2.51. The summed E-state index contributed by atoms with van der Waals surface area (Å²) in [5.74, 6) is -0.845. The van der Waals surface area contributed by atoms with Gasteiger partial charge in [0.2, 0.25) is 17.7 Å². The summed E-state index contributed by atoms with van der Waals surface area (Å²) in [7, 11) is 0. The van der Waals surface area contributed by atoms with Gasteiger partial charge in [-0.05, 0) is 59.0 Å². The molecule has 2 rings (SSSR count). The lowest BCUT2D eigenvalue weighted by Gasteiger charge is -2.23. The zero-order valence-electron chi connectivity index (χ0n) is 19.3. The Labute approximate surface area is 209 Å². The molecule has 0 radical (unpaired) electrons. The van der Waals surface area contributed by atoms with E-state index in [9.17, 15) is 14.4 Å². The van der Waals surface area contributed by atoms with E-state index < -0.39 is 24.0 Å². The number of nitrogens with two attached hydrogens (primary N) is 1. The van der Waals surface area contributed by atoms with E-state index in [-0.39, 0.29) is 17.7 Å². The fourth-order valence-electron chi connectivity index (χ4n) is 3.30. The maximum Gasteiger partial charge on any atom is 0.243 e. The van der Waals surface area contributed by atoms with Crippen molar-refractivity contribution in [1.82, 2.24) is 16.0 Å². The third kappa shape index (κ3) is 9.13. The maximum absolute atomic E-state index is 13.0. The van der Waals surface area contributed by atoms with E-state index in [2.05, 4.69) is 38.5 Å². The number of nitrogens with one attached hydrogen (secondary N) is 3. The van der Waals surface area contributed by atoms with Crippen LogP contribution in [0.4, 0.5) is 0 Å². The third-order valence-electron chi connectivity index (χ3n) is 5.14. The van der Waals surface area contributed by atoms with Gasteiger partial charge in [-0.15, -0.1) is 0 Å². The van der Waals surface area contributed by atoms with Gasteiger partial charge in [0.05, 0.1) is 6.04 Å². The molecule has 0 aromatic heterocycles. The van der Waals surface area contributed by atoms with Crippen LogP contribution in [0.3, 0.4) is 0 Å². The van der Waals surface area contributed by atoms with Crippen LogP contribution in [0.2, 0.25) is 0 Å². The van der Waals surface area contributed by atoms with E-state index in [1.807, 2.05) is 68.4 Å². The van der Waals surface area contributed by atoms with Gasteiger partial charge in [-0.2, -0.15) is 0 Å². The van der Waals surface area contributed by atoms with Crippen LogP contribution in [-0.4, -0.2) is 35.8 Å². The van der Waals surface area contributed by atoms with Gasteiger partial charge in [-0.3, -0.25) is 14.4 Å². The van der Waals surface area contributed by atoms with Gasteiger partial charge in [0.15, 0.2) is 0 Å². The molecule has 0 aliphatic carbocycles. The van der Waals surface area contributed by atoms with Crippen molar-refractivity contribution in [3.63, 3.8) is 0 Å². The number of carbonyl (C=O) groups excluding carboxylic acids is 3. The number of amides is 3. The molecule has 0 fully saturated rings. The summed E-state index contributed by atoms with van der Waals surface area (Å²) in [5, 5.41) is 8.36. The normalized spacial score (nSPS) is 13.6. The van der Waals surface area contributed by atoms with Crippen molar-refractivity contribution in [2.24, 2.45) is 11.7 Å². The molecule has 0 spiro atoms. The molecule has 0 saturated heterocycles. The average Bonchev–Trinajstić information content (AvgIpc) is 2.78. The van der Waals surface area contributed by atoms with E-state index in [4.69, 9.17) is 5.73 Å². The van der Waals surface area contributed by atoms with Gasteiger partial charge in [0, 0.05) is 16.5 Å². The number of hydrogen-bond donors (Lipinski definition) is 4. The van der Waals surface area contributed by atoms with E-state index in [1.165, 1.54) is 0 Å². The van der Waals surface area contributed by atoms with Gasteiger partial charge >= 0.3 is 0 Å². The van der Waals surface area contributed by atoms with Gasteiger partial charge in [0.1, 0.15) is 12.1 Å². The molecule has 8 heteroatoms. The van der Waals surface area contributed by atoms with Crippen LogP contribution in [0.5, 0.6) is 0 Å². The number of carbonyl (C=O) groups is 3. The first-order chi connectivity index (χ1) is 15.7. The number of halogens is 1. The number of rotatable bonds is 11. The minimum atomic E-state index is -0.822. The minimum absolute atomic E-state index is 0.265. The molecule has 0 bridgehead atoms. The van der Waals surface area contributed by atoms with Crippen LogP contribution >= 0.6 is 22.6 Å². The average molecular weight is 564 g/mol. The van der Waals surface area contributed by atoms with Crippen molar-refractivity contribution in [3.05, 3.63) is 69.3 Å². The first-order valence-corrected chi connectivity index (χ1v) is 12.2. The molecule has 0 aliphatic rings. The monoisotopic (exact) mass is 564 g/mol. The second-order valence-electron chi connectivity index (χ2n) is 8.53. The second-order valence-corrected chi connectivity index (χ2v) is 9.69. The van der Waals surface area contributed by atoms with Gasteiger partial charge < -0.3 is 21.7 Å². The van der Waals surface area contributed by atoms with Gasteiger partial charge in [-0.25, -0.2) is 0 Å². The zero-order valence-corrected chi connectivity index (χ0v) is 21.5. The minimum Gasteiger partial charge on any atom is -0.350 e. The highest BCUT2D eigenvalue weighted by Gasteiger charge is 2.26. The molecule has 2 aromatic rings. The Bertz CT molecular complexity index is 936. The van der Waals surface area contributed by atoms with E-state index in [1.54, 1.807) is 6.92 Å². The summed E-state index contributed by atoms with van der Waals surface area (Å²) in [6, 6.07) is 15.0. The molecule has 3 amide bonds. The standard InChI is InChI=1S/C25H33IN4O3/c1-16(2)13-21(27)24(32)29-17(3)23(31)30-22(14-18-9-5-4-6-10-18)25(33)28-15-19-11-7-8-12-20(19)26/h4-12,16-17,21-22H,13-15,27H2,1-3H3,(H,28,33)(H,29,32)(H,30,31)/t17-,21+,22-/m1/s1. The van der Waals surface area contributed by atoms with Crippen LogP contribution in [0.25, 0.3) is 0 Å². The number of benzene rings is 2. The van der Waals surface area contributed by atoms with Crippen LogP contribution in [0.1, 0.15) is 38.3 Å². The highest BCUT2D eigenvalue weighted by Crippen LogP contribution is 2.11. The van der Waals surface area contributed by atoms with Crippen LogP contribution in [0.15, 0.2) is 54.6 Å². The van der Waals surface area contributed by atoms with Crippen molar-refractivity contribution >= 4 is 40.3 Å². The Kier molecular flexibility index (Phi) is 10.8. The van der Waals surface area contributed by atoms with E-state index in [0.717, 1.165) is 14.7 Å². The summed E-state index contributed by atoms with van der Waals surface area (Å²) in [5.41, 5.74) is 7.83. The lowest BCUT2D eigenvalue weighted by Crippen LogP contribution is -2.55. The SMILES string of the molecule is CC(C)C[C@H](N)C(=O)N[C@H](C)C(=O)N[C@H](Cc1ccccc1)C(=O)NCc1ccccc1I. The zero-order chi connectivity index (χ0) is 24.4. The smallest absolute Gasteiger partial charge is 0.243 e. The first kappa shape index (κ1) is 26.8. The summed E-state index contributed by atoms with van der Waals surface area (Å²) in [6.45, 7) is 5.90. The molecule has 0 heterocycles. The van der Waals surface area contributed by atoms with E-state index in [0.29, 0.717) is 19.4 Å². The van der Waals surface area contributed by atoms with Crippen molar-refractivity contribution < 1.29 is 14.4 Å². The Morgan fingerprint density at radius 2 is 1.52 bits per heavy atom. The quantitative estimate of drug-likeness (QED) is 0.314. The fraction of sp³-hybridized carbons (Fsp3) is 0.400. The molecular weight excluding hydrogens is 531 g/mol. The van der Waals surface area contributed by atoms with E-state index >= 15 is 0 Å². The predicted molar refractivity (Wildman–Crippen MR) is 138 cm³/mol. The van der Waals surface area contributed by atoms with Crippen molar-refractivity contribution in [3.8, 4) is 0 Å². The summed E-state index contributed by atoms with van der Waals surface area (Å²) in [6.07, 6.45) is 0.856. The number of hydrogen-bond acceptors (Lipinski definition) is 4. The van der Waals surface area contributed by atoms with Gasteiger partial charge in [0.25, 0.3) is 0 Å². The van der Waals surface area contributed by atoms with Crippen LogP contribution in [-0.2, 0) is 27.3 Å². The van der Waals surface area contributed by atoms with Gasteiger partial charge in [-0.1, -0.05) is 62.4 Å². The Hall–Kier alpha value is -2.46. The Morgan fingerprint density at radius 3 is 2.15 bits per heavy atom. The molecule has 33 heavy (non-hydrogen) atoms. The lowest BCUT2D eigenvalue weighted by molar-refractivity contribution is -0.132. The molecule has 0 unspecified atom stereocenters. The van der Waals surface area contributed by atoms with Crippen molar-refractivity contribution in [2.45, 2.75) is 58.3 Å². The summed E-state index contributed by atoms with van der Waals surface area (Å²) >= 11 is 2.22. The molecule has 0 aliphatic heterocycles. The first-order valence-electron chi connectivity index (χ1n) is 11.1. The highest BCUT2D eigenvalue weighted by atomic mass is 127. The largest absolute Gasteiger partial charge is 0.350 e. The second kappa shape index (κ2) is 13.3. The topological polar surface area (TPSA) is 113 Å². The fourth-order valence-corrected chi connectivity index (χ4v) is 3.88. The molecule has 2 aromatic carbocycles. The summed E-state index contributed by atoms with van der Waals surface area (Å²) < 4.78 is 1.05. The summed E-state index contributed by atoms with van der Waals surface area (Å²) in [4.78, 5) is 38.1. The lowest BCUT2D eigenvalue weighted by atomic mass is 10.0. The Morgan fingerprint density at radius 1 is 0.879 bits per heavy atom. The van der Waals surface area contributed by atoms with Crippen LogP contribution in [0, 0.1) is 9.49 Å². The molecule has 5 N–H and O–H groups in total. The molecule has 7 nitrogen and oxygen atoms in total. The molecule has 178 valence electrons.